The lowest BCUT2D eigenvalue weighted by Gasteiger charge is -2.11. The molecule has 2 N–H and O–H groups in total. The highest BCUT2D eigenvalue weighted by molar-refractivity contribution is 6.13. The van der Waals surface area contributed by atoms with Gasteiger partial charge in [0.15, 0.2) is 0 Å². The van der Waals surface area contributed by atoms with E-state index in [9.17, 15) is 14.4 Å². The number of para-hydroxylation sites is 1. The van der Waals surface area contributed by atoms with Gasteiger partial charge in [-0.2, -0.15) is 0 Å². The fourth-order valence-electron chi connectivity index (χ4n) is 2.46. The maximum Gasteiger partial charge on any atom is 0.329 e. The predicted octanol–water partition coefficient (Wildman–Crippen LogP) is 2.30. The number of allylic oxidation sites excluding steroid dienone is 1. The highest BCUT2D eigenvalue weighted by Gasteiger charge is 2.34. The van der Waals surface area contributed by atoms with Gasteiger partial charge in [0.2, 0.25) is 5.91 Å². The van der Waals surface area contributed by atoms with Crippen molar-refractivity contribution in [2.75, 3.05) is 11.9 Å². The molecule has 1 heterocycles. The molecule has 0 atom stereocenters. The Morgan fingerprint density at radius 1 is 1.00 bits per heavy atom. The lowest BCUT2D eigenvalue weighted by atomic mass is 10.1. The fraction of sp³-hybridized carbons (Fsp3) is 0.105. The van der Waals surface area contributed by atoms with E-state index in [1.807, 2.05) is 36.4 Å². The summed E-state index contributed by atoms with van der Waals surface area (Å²) in [5, 5.41) is 5.16. The Kier molecular flexibility index (Phi) is 4.89. The monoisotopic (exact) mass is 335 g/mol. The molecule has 0 radical (unpaired) electrons. The summed E-state index contributed by atoms with van der Waals surface area (Å²) in [6, 6.07) is 17.9. The lowest BCUT2D eigenvalue weighted by Crippen LogP contribution is -2.38. The highest BCUT2D eigenvalue weighted by Crippen LogP contribution is 2.12. The van der Waals surface area contributed by atoms with E-state index in [0.29, 0.717) is 12.1 Å². The zero-order valence-electron chi connectivity index (χ0n) is 13.4. The van der Waals surface area contributed by atoms with Crippen molar-refractivity contribution in [1.29, 1.82) is 0 Å². The third-order valence-electron chi connectivity index (χ3n) is 3.71. The molecule has 3 rings (SSSR count). The van der Waals surface area contributed by atoms with Crippen LogP contribution < -0.4 is 10.6 Å². The molecule has 6 heteroatoms. The topological polar surface area (TPSA) is 78.5 Å². The summed E-state index contributed by atoms with van der Waals surface area (Å²) in [6.45, 7) is -0.331. The molecule has 4 amide bonds. The Balaban J connectivity index is 1.62. The molecule has 1 saturated heterocycles. The number of benzene rings is 2. The van der Waals surface area contributed by atoms with Crippen LogP contribution in [0, 0.1) is 0 Å². The number of hydrogen-bond acceptors (Lipinski definition) is 3. The van der Waals surface area contributed by atoms with Gasteiger partial charge >= 0.3 is 6.03 Å². The predicted molar refractivity (Wildman–Crippen MR) is 93.5 cm³/mol. The largest absolute Gasteiger partial charge is 0.329 e. The van der Waals surface area contributed by atoms with Crippen molar-refractivity contribution in [3.05, 3.63) is 78.0 Å². The van der Waals surface area contributed by atoms with Crippen LogP contribution in [0.2, 0.25) is 0 Å². The first-order chi connectivity index (χ1) is 12.1. The number of carbonyl (C=O) groups excluding carboxylic acids is 3. The minimum atomic E-state index is -0.590. The summed E-state index contributed by atoms with van der Waals surface area (Å²) >= 11 is 0. The maximum atomic E-state index is 12.3. The van der Waals surface area contributed by atoms with Gasteiger partial charge in [-0.1, -0.05) is 54.6 Å². The smallest absolute Gasteiger partial charge is 0.325 e. The summed E-state index contributed by atoms with van der Waals surface area (Å²) in [4.78, 5) is 37.2. The second kappa shape index (κ2) is 7.44. The molecule has 1 aliphatic heterocycles. The van der Waals surface area contributed by atoms with Crippen LogP contribution >= 0.6 is 0 Å². The number of rotatable bonds is 5. The molecule has 0 bridgehead atoms. The van der Waals surface area contributed by atoms with E-state index in [2.05, 4.69) is 10.6 Å². The average molecular weight is 335 g/mol. The number of hydrogen-bond donors (Lipinski definition) is 2. The van der Waals surface area contributed by atoms with Crippen LogP contribution in [0.5, 0.6) is 0 Å². The van der Waals surface area contributed by atoms with E-state index in [-0.39, 0.29) is 12.2 Å². The van der Waals surface area contributed by atoms with E-state index in [0.717, 1.165) is 10.5 Å². The number of nitrogens with one attached hydrogen (secondary N) is 2. The molecular formula is C19H17N3O3. The molecule has 6 nitrogen and oxygen atoms in total. The molecule has 25 heavy (non-hydrogen) atoms. The molecule has 126 valence electrons. The summed E-state index contributed by atoms with van der Waals surface area (Å²) in [7, 11) is 0. The zero-order valence-corrected chi connectivity index (χ0v) is 13.4. The van der Waals surface area contributed by atoms with Gasteiger partial charge in [0, 0.05) is 5.69 Å². The van der Waals surface area contributed by atoms with E-state index >= 15 is 0 Å². The average Bonchev–Trinajstić information content (AvgIpc) is 2.89. The summed E-state index contributed by atoms with van der Waals surface area (Å²) in [6.07, 6.45) is 2.18. The second-order valence-corrected chi connectivity index (χ2v) is 5.54. The number of nitrogens with zero attached hydrogens (tertiary/aromatic N) is 1. The first kappa shape index (κ1) is 16.4. The number of carbonyl (C=O) groups is 3. The minimum Gasteiger partial charge on any atom is -0.325 e. The Morgan fingerprint density at radius 2 is 1.64 bits per heavy atom. The molecule has 2 aromatic rings. The van der Waals surface area contributed by atoms with Crippen molar-refractivity contribution >= 4 is 23.5 Å². The quantitative estimate of drug-likeness (QED) is 0.650. The number of anilines is 1. The summed E-state index contributed by atoms with van der Waals surface area (Å²) < 4.78 is 0. The molecule has 0 unspecified atom stereocenters. The summed E-state index contributed by atoms with van der Waals surface area (Å²) in [5.74, 6) is -0.928. The van der Waals surface area contributed by atoms with Crippen LogP contribution in [0.3, 0.4) is 0 Å². The van der Waals surface area contributed by atoms with Crippen molar-refractivity contribution in [3.63, 3.8) is 0 Å². The van der Waals surface area contributed by atoms with Crippen LogP contribution in [0.25, 0.3) is 0 Å². The van der Waals surface area contributed by atoms with E-state index in [1.165, 1.54) is 0 Å². The number of imide groups is 1. The molecule has 0 aliphatic carbocycles. The Hall–Kier alpha value is -3.41. The van der Waals surface area contributed by atoms with Crippen molar-refractivity contribution in [2.45, 2.75) is 6.42 Å². The molecular weight excluding hydrogens is 318 g/mol. The number of amides is 4. The van der Waals surface area contributed by atoms with E-state index < -0.39 is 17.8 Å². The first-order valence-electron chi connectivity index (χ1n) is 7.85. The molecule has 1 aliphatic rings. The SMILES string of the molecule is O=C(CN1C(=O)NC(=CCc2ccccc2)C1=O)Nc1ccccc1. The van der Waals surface area contributed by atoms with Gasteiger partial charge in [0.1, 0.15) is 12.2 Å². The van der Waals surface area contributed by atoms with Gasteiger partial charge in [-0.15, -0.1) is 0 Å². The molecule has 0 spiro atoms. The normalized spacial score (nSPS) is 15.4. The van der Waals surface area contributed by atoms with E-state index in [1.54, 1.807) is 30.3 Å². The van der Waals surface area contributed by atoms with Gasteiger partial charge in [0.05, 0.1) is 0 Å². The van der Waals surface area contributed by atoms with Crippen LogP contribution in [0.1, 0.15) is 5.56 Å². The van der Waals surface area contributed by atoms with Crippen LogP contribution in [-0.2, 0) is 16.0 Å². The van der Waals surface area contributed by atoms with Crippen LogP contribution in [-0.4, -0.2) is 29.3 Å². The lowest BCUT2D eigenvalue weighted by molar-refractivity contribution is -0.127. The molecule has 2 aromatic carbocycles. The van der Waals surface area contributed by atoms with Crippen molar-refractivity contribution in [2.24, 2.45) is 0 Å². The van der Waals surface area contributed by atoms with Gasteiger partial charge in [0.25, 0.3) is 5.91 Å². The second-order valence-electron chi connectivity index (χ2n) is 5.54. The van der Waals surface area contributed by atoms with Gasteiger partial charge in [-0.3, -0.25) is 9.59 Å². The zero-order chi connectivity index (χ0) is 17.6. The van der Waals surface area contributed by atoms with E-state index in [4.69, 9.17) is 0 Å². The van der Waals surface area contributed by atoms with Crippen LogP contribution in [0.15, 0.2) is 72.4 Å². The summed E-state index contributed by atoms with van der Waals surface area (Å²) in [5.41, 5.74) is 1.83. The molecule has 0 saturated carbocycles. The third kappa shape index (κ3) is 4.11. The Bertz CT molecular complexity index is 816. The van der Waals surface area contributed by atoms with Crippen LogP contribution in [0.4, 0.5) is 10.5 Å². The Labute approximate surface area is 145 Å². The first-order valence-corrected chi connectivity index (χ1v) is 7.85. The highest BCUT2D eigenvalue weighted by atomic mass is 16.2. The van der Waals surface area contributed by atoms with Gasteiger partial charge in [-0.05, 0) is 24.1 Å². The fourth-order valence-corrected chi connectivity index (χ4v) is 2.46. The molecule has 0 aromatic heterocycles. The third-order valence-corrected chi connectivity index (χ3v) is 3.71. The van der Waals surface area contributed by atoms with Crippen molar-refractivity contribution in [3.8, 4) is 0 Å². The Morgan fingerprint density at radius 3 is 2.32 bits per heavy atom. The molecule has 1 fully saturated rings. The van der Waals surface area contributed by atoms with Crippen molar-refractivity contribution < 1.29 is 14.4 Å². The minimum absolute atomic E-state index is 0.196. The number of urea groups is 1. The maximum absolute atomic E-state index is 12.3. The van der Waals surface area contributed by atoms with Crippen molar-refractivity contribution in [1.82, 2.24) is 10.2 Å². The van der Waals surface area contributed by atoms with Gasteiger partial charge in [-0.25, -0.2) is 9.69 Å². The van der Waals surface area contributed by atoms with Gasteiger partial charge < -0.3 is 10.6 Å². The standard InChI is InChI=1S/C19H17N3O3/c23-17(20-15-9-5-2-6-10-15)13-22-18(24)16(21-19(22)25)12-11-14-7-3-1-4-8-14/h1-10,12H,11,13H2,(H,20,23)(H,21,25).